The number of halogens is 1. The molecule has 1 aromatic rings. The van der Waals surface area contributed by atoms with E-state index in [-0.39, 0.29) is 12.3 Å². The maximum atomic E-state index is 11.7. The number of aryl methyl sites for hydroxylation is 1. The van der Waals surface area contributed by atoms with Gasteiger partial charge in [0.2, 0.25) is 0 Å². The summed E-state index contributed by atoms with van der Waals surface area (Å²) < 4.78 is 1.74. The summed E-state index contributed by atoms with van der Waals surface area (Å²) in [6.45, 7) is 2.92. The number of rotatable bonds is 6. The summed E-state index contributed by atoms with van der Waals surface area (Å²) in [6.07, 6.45) is 2.16. The van der Waals surface area contributed by atoms with Crippen LogP contribution in [0.25, 0.3) is 0 Å². The second-order valence-electron chi connectivity index (χ2n) is 3.58. The first-order chi connectivity index (χ1) is 8.04. The molecule has 1 aromatic heterocycles. The van der Waals surface area contributed by atoms with Gasteiger partial charge in [0, 0.05) is 25.7 Å². The molecule has 5 nitrogen and oxygen atoms in total. The normalized spacial score (nSPS) is 10.2. The molecule has 1 heterocycles. The standard InChI is InChI=1S/C11H15ClN2O3/c1-2-14-7-8(12)6-9(14)11(17)13-5-3-4-10(15)16/h6-7H,2-5H2,1H3,(H,13,17)(H,15,16). The van der Waals surface area contributed by atoms with Gasteiger partial charge in [0.05, 0.1) is 5.02 Å². The lowest BCUT2D eigenvalue weighted by Gasteiger charge is -2.06. The van der Waals surface area contributed by atoms with Crippen LogP contribution < -0.4 is 5.32 Å². The Hall–Kier alpha value is -1.49. The van der Waals surface area contributed by atoms with Crippen LogP contribution in [0.5, 0.6) is 0 Å². The van der Waals surface area contributed by atoms with Gasteiger partial charge in [0.25, 0.3) is 5.91 Å². The smallest absolute Gasteiger partial charge is 0.303 e. The summed E-state index contributed by atoms with van der Waals surface area (Å²) in [7, 11) is 0. The van der Waals surface area contributed by atoms with Gasteiger partial charge in [-0.25, -0.2) is 0 Å². The average molecular weight is 259 g/mol. The third-order valence-electron chi connectivity index (χ3n) is 2.29. The molecule has 1 amide bonds. The number of aliphatic carboxylic acids is 1. The third-order valence-corrected chi connectivity index (χ3v) is 2.50. The molecule has 17 heavy (non-hydrogen) atoms. The highest BCUT2D eigenvalue weighted by atomic mass is 35.5. The molecule has 0 radical (unpaired) electrons. The lowest BCUT2D eigenvalue weighted by molar-refractivity contribution is -0.137. The molecule has 0 aliphatic rings. The summed E-state index contributed by atoms with van der Waals surface area (Å²) in [4.78, 5) is 22.0. The number of hydrogen-bond donors (Lipinski definition) is 2. The number of carboxylic acid groups (broad SMARTS) is 1. The van der Waals surface area contributed by atoms with E-state index in [1.54, 1.807) is 16.8 Å². The van der Waals surface area contributed by atoms with Crippen molar-refractivity contribution >= 4 is 23.5 Å². The van der Waals surface area contributed by atoms with Gasteiger partial charge in [-0.3, -0.25) is 9.59 Å². The van der Waals surface area contributed by atoms with Crippen molar-refractivity contribution in [3.8, 4) is 0 Å². The van der Waals surface area contributed by atoms with E-state index >= 15 is 0 Å². The van der Waals surface area contributed by atoms with Crippen molar-refractivity contribution in [2.75, 3.05) is 6.54 Å². The van der Waals surface area contributed by atoms with E-state index in [9.17, 15) is 9.59 Å². The van der Waals surface area contributed by atoms with E-state index in [4.69, 9.17) is 16.7 Å². The molecular weight excluding hydrogens is 244 g/mol. The second kappa shape index (κ2) is 6.30. The Balaban J connectivity index is 2.49. The van der Waals surface area contributed by atoms with Crippen molar-refractivity contribution in [3.63, 3.8) is 0 Å². The molecule has 0 bridgehead atoms. The van der Waals surface area contributed by atoms with E-state index in [1.165, 1.54) is 0 Å². The molecule has 0 spiro atoms. The monoisotopic (exact) mass is 258 g/mol. The number of carbonyl (C=O) groups excluding carboxylic acids is 1. The summed E-state index contributed by atoms with van der Waals surface area (Å²) in [5.41, 5.74) is 0.493. The van der Waals surface area contributed by atoms with Crippen LogP contribution in [0, 0.1) is 0 Å². The minimum absolute atomic E-state index is 0.0514. The van der Waals surface area contributed by atoms with Gasteiger partial charge in [-0.05, 0) is 19.4 Å². The van der Waals surface area contributed by atoms with Gasteiger partial charge in [-0.2, -0.15) is 0 Å². The molecule has 94 valence electrons. The SMILES string of the molecule is CCn1cc(Cl)cc1C(=O)NCCCC(=O)O. The molecule has 1 rings (SSSR count). The van der Waals surface area contributed by atoms with Crippen LogP contribution >= 0.6 is 11.6 Å². The summed E-state index contributed by atoms with van der Waals surface area (Å²) in [6, 6.07) is 1.59. The van der Waals surface area contributed by atoms with Crippen LogP contribution in [0.3, 0.4) is 0 Å². The van der Waals surface area contributed by atoms with E-state index in [2.05, 4.69) is 5.32 Å². The van der Waals surface area contributed by atoms with Gasteiger partial charge in [-0.1, -0.05) is 11.6 Å². The van der Waals surface area contributed by atoms with Crippen LogP contribution in [0.2, 0.25) is 5.02 Å². The van der Waals surface area contributed by atoms with Crippen LogP contribution in [-0.4, -0.2) is 28.1 Å². The molecule has 0 aliphatic carbocycles. The zero-order valence-corrected chi connectivity index (χ0v) is 10.3. The zero-order valence-electron chi connectivity index (χ0n) is 9.57. The van der Waals surface area contributed by atoms with Gasteiger partial charge < -0.3 is 15.0 Å². The Morgan fingerprint density at radius 1 is 1.53 bits per heavy atom. The summed E-state index contributed by atoms with van der Waals surface area (Å²) in [5, 5.41) is 11.6. The van der Waals surface area contributed by atoms with E-state index < -0.39 is 5.97 Å². The number of carboxylic acids is 1. The van der Waals surface area contributed by atoms with Crippen LogP contribution in [0.4, 0.5) is 0 Å². The van der Waals surface area contributed by atoms with Gasteiger partial charge in [0.1, 0.15) is 5.69 Å². The zero-order chi connectivity index (χ0) is 12.8. The molecule has 0 atom stereocenters. The van der Waals surface area contributed by atoms with Gasteiger partial charge in [0.15, 0.2) is 0 Å². The van der Waals surface area contributed by atoms with Crippen molar-refractivity contribution < 1.29 is 14.7 Å². The first-order valence-electron chi connectivity index (χ1n) is 5.40. The molecular formula is C11H15ClN2O3. The molecule has 0 saturated heterocycles. The van der Waals surface area contributed by atoms with Gasteiger partial charge in [-0.15, -0.1) is 0 Å². The molecule has 0 aliphatic heterocycles. The minimum atomic E-state index is -0.862. The van der Waals surface area contributed by atoms with Gasteiger partial charge >= 0.3 is 5.97 Å². The molecule has 6 heteroatoms. The largest absolute Gasteiger partial charge is 0.481 e. The van der Waals surface area contributed by atoms with Crippen LogP contribution in [0.1, 0.15) is 30.3 Å². The fraction of sp³-hybridized carbons (Fsp3) is 0.455. The van der Waals surface area contributed by atoms with Crippen molar-refractivity contribution in [2.45, 2.75) is 26.3 Å². The second-order valence-corrected chi connectivity index (χ2v) is 4.02. The highest BCUT2D eigenvalue weighted by Gasteiger charge is 2.11. The lowest BCUT2D eigenvalue weighted by atomic mass is 10.3. The summed E-state index contributed by atoms with van der Waals surface area (Å²) >= 11 is 5.81. The van der Waals surface area contributed by atoms with Crippen molar-refractivity contribution in [1.29, 1.82) is 0 Å². The Labute approximate surface area is 104 Å². The van der Waals surface area contributed by atoms with Crippen molar-refractivity contribution in [1.82, 2.24) is 9.88 Å². The number of nitrogens with one attached hydrogen (secondary N) is 1. The quantitative estimate of drug-likeness (QED) is 0.764. The number of nitrogens with zero attached hydrogens (tertiary/aromatic N) is 1. The molecule has 0 unspecified atom stereocenters. The Bertz CT molecular complexity index is 415. The number of aromatic nitrogens is 1. The van der Waals surface area contributed by atoms with Crippen molar-refractivity contribution in [2.24, 2.45) is 0 Å². The lowest BCUT2D eigenvalue weighted by Crippen LogP contribution is -2.27. The highest BCUT2D eigenvalue weighted by molar-refractivity contribution is 6.31. The maximum Gasteiger partial charge on any atom is 0.303 e. The number of amides is 1. The highest BCUT2D eigenvalue weighted by Crippen LogP contribution is 2.13. The fourth-order valence-electron chi connectivity index (χ4n) is 1.46. The Morgan fingerprint density at radius 2 is 2.24 bits per heavy atom. The topological polar surface area (TPSA) is 71.3 Å². The first kappa shape index (κ1) is 13.6. The van der Waals surface area contributed by atoms with Crippen LogP contribution in [0.15, 0.2) is 12.3 Å². The average Bonchev–Trinajstić information content (AvgIpc) is 2.65. The maximum absolute atomic E-state index is 11.7. The number of carbonyl (C=O) groups is 2. The number of hydrogen-bond acceptors (Lipinski definition) is 2. The molecule has 0 saturated carbocycles. The first-order valence-corrected chi connectivity index (χ1v) is 5.78. The van der Waals surface area contributed by atoms with Crippen LogP contribution in [-0.2, 0) is 11.3 Å². The predicted molar refractivity (Wildman–Crippen MR) is 64.3 cm³/mol. The summed E-state index contributed by atoms with van der Waals surface area (Å²) in [5.74, 6) is -1.09. The fourth-order valence-corrected chi connectivity index (χ4v) is 1.68. The Morgan fingerprint density at radius 3 is 2.82 bits per heavy atom. The Kier molecular flexibility index (Phi) is 5.03. The predicted octanol–water partition coefficient (Wildman–Crippen LogP) is 1.76. The minimum Gasteiger partial charge on any atom is -0.481 e. The van der Waals surface area contributed by atoms with E-state index in [0.717, 1.165) is 0 Å². The molecule has 0 aromatic carbocycles. The molecule has 0 fully saturated rings. The third kappa shape index (κ3) is 4.11. The van der Waals surface area contributed by atoms with E-state index in [1.807, 2.05) is 6.92 Å². The van der Waals surface area contributed by atoms with Crippen molar-refractivity contribution in [3.05, 3.63) is 23.0 Å². The van der Waals surface area contributed by atoms with E-state index in [0.29, 0.717) is 30.2 Å². The molecule has 2 N–H and O–H groups in total.